The molecule has 0 saturated carbocycles. The number of ether oxygens (including phenoxy) is 4. The van der Waals surface area contributed by atoms with Crippen LogP contribution in [0.15, 0.2) is 167 Å². The molecule has 0 aromatic heterocycles. The van der Waals surface area contributed by atoms with Gasteiger partial charge in [0.15, 0.2) is 5.75 Å². The standard InChI is InChI=1S/C54H51N9O10S.3O3S/c1-7-8-20-73-52-28-43(32(3)22-46(52)61-63-48-26-40-33(10-9-11-49(40)65)25-53(48)74(67,68)69)58-57-42-27-50(71-5)45(21-31(42)2)60-59-44-29-51(72-6)47(24-35(44)30-64)62-56-41-19-12-34-23-37(15-18-39(34)54(41)66)55-36-13-16-38(70-4)17-14-36;3*1-4(2)3/h9-19,21-29,55,64-66H,7-8,20,30H2,1-6H3,(H,67,68,69);;;. The Morgan fingerprint density at radius 1 is 0.500 bits per heavy atom. The summed E-state index contributed by atoms with van der Waals surface area (Å²) < 4.78 is 133. The minimum atomic E-state index is -4.72. The average Bonchev–Trinajstić information content (AvgIpc) is 1.39. The largest absolute Gasteiger partial charge is 0.507 e. The molecule has 0 radical (unpaired) electrons. The number of azo groups is 4. The first-order chi connectivity index (χ1) is 40.9. The van der Waals surface area contributed by atoms with E-state index in [2.05, 4.69) is 46.2 Å². The Hall–Kier alpha value is -9.99. The Labute approximate surface area is 494 Å². The van der Waals surface area contributed by atoms with E-state index in [0.29, 0.717) is 73.7 Å². The van der Waals surface area contributed by atoms with Crippen molar-refractivity contribution < 1.29 is 85.1 Å². The number of phenols is 2. The maximum Gasteiger partial charge on any atom is 0.425 e. The highest BCUT2D eigenvalue weighted by molar-refractivity contribution is 7.86. The third-order valence-electron chi connectivity index (χ3n) is 11.7. The number of aryl methyl sites for hydroxylation is 2. The Morgan fingerprint density at radius 2 is 0.988 bits per heavy atom. The summed E-state index contributed by atoms with van der Waals surface area (Å²) in [4.78, 5) is -0.478. The molecule has 0 aliphatic rings. The van der Waals surface area contributed by atoms with Gasteiger partial charge < -0.3 is 39.6 Å². The normalized spacial score (nSPS) is 11.2. The van der Waals surface area contributed by atoms with E-state index in [1.54, 1.807) is 74.7 Å². The van der Waals surface area contributed by atoms with Gasteiger partial charge in [-0.3, -0.25) is 4.55 Å². The van der Waals surface area contributed by atoms with Crippen molar-refractivity contribution in [2.45, 2.75) is 45.1 Å². The fourth-order valence-corrected chi connectivity index (χ4v) is 8.30. The summed E-state index contributed by atoms with van der Waals surface area (Å²) >= 11 is 0. The van der Waals surface area contributed by atoms with E-state index in [1.807, 2.05) is 56.3 Å². The van der Waals surface area contributed by atoms with Crippen molar-refractivity contribution in [2.75, 3.05) is 33.3 Å². The van der Waals surface area contributed by atoms with Crippen LogP contribution in [0.2, 0.25) is 0 Å². The van der Waals surface area contributed by atoms with Gasteiger partial charge in [-0.15, -0.1) is 68.6 Å². The molecule has 8 aromatic rings. The molecule has 8 aromatic carbocycles. The highest BCUT2D eigenvalue weighted by Gasteiger charge is 2.20. The number of fused-ring (bicyclic) bond motifs is 2. The monoisotopic (exact) mass is 1260 g/mol. The molecular weight excluding hydrogens is 1210 g/mol. The van der Waals surface area contributed by atoms with Crippen LogP contribution in [-0.2, 0) is 48.6 Å². The smallest absolute Gasteiger partial charge is 0.425 e. The molecular formula is C54H51N9O19S4. The molecule has 0 aliphatic carbocycles. The van der Waals surface area contributed by atoms with Gasteiger partial charge in [-0.2, -0.15) is 18.6 Å². The van der Waals surface area contributed by atoms with Gasteiger partial charge in [-0.1, -0.05) is 31.5 Å². The molecule has 0 aliphatic heterocycles. The van der Waals surface area contributed by atoms with Crippen molar-refractivity contribution in [1.82, 2.24) is 0 Å². The number of aliphatic hydroxyl groups excluding tert-OH is 1. The van der Waals surface area contributed by atoms with Crippen LogP contribution in [-0.4, -0.2) is 94.1 Å². The van der Waals surface area contributed by atoms with E-state index in [9.17, 15) is 28.3 Å². The minimum absolute atomic E-state index is 0.0552. The number of phenolic OH excluding ortho intramolecular Hbond substituents is 2. The van der Waals surface area contributed by atoms with Crippen LogP contribution in [0.25, 0.3) is 21.5 Å². The van der Waals surface area contributed by atoms with Crippen LogP contribution in [0.3, 0.4) is 0 Å². The molecule has 0 atom stereocenters. The van der Waals surface area contributed by atoms with Crippen molar-refractivity contribution in [3.8, 4) is 34.5 Å². The second kappa shape index (κ2) is 31.6. The van der Waals surface area contributed by atoms with E-state index >= 15 is 0 Å². The van der Waals surface area contributed by atoms with Gasteiger partial charge in [0.25, 0.3) is 10.1 Å². The van der Waals surface area contributed by atoms with E-state index in [1.165, 1.54) is 32.4 Å². The molecule has 28 nitrogen and oxygen atoms in total. The van der Waals surface area contributed by atoms with E-state index < -0.39 is 53.4 Å². The van der Waals surface area contributed by atoms with Crippen molar-refractivity contribution >= 4 is 120 Å². The van der Waals surface area contributed by atoms with Crippen LogP contribution < -0.4 is 24.3 Å². The average molecular weight is 1260 g/mol. The fraction of sp³-hybridized carbons (Fsp3) is 0.185. The summed E-state index contributed by atoms with van der Waals surface area (Å²) in [5, 5.41) is 72.7. The highest BCUT2D eigenvalue weighted by atomic mass is 32.2. The first kappa shape index (κ1) is 66.8. The molecule has 0 amide bonds. The first-order valence-corrected chi connectivity index (χ1v) is 29.0. The predicted molar refractivity (Wildman–Crippen MR) is 311 cm³/mol. The predicted octanol–water partition coefficient (Wildman–Crippen LogP) is 12.4. The number of benzene rings is 8. The Kier molecular flexibility index (Phi) is 24.6. The number of aliphatic hydroxyl groups is 1. The van der Waals surface area contributed by atoms with Crippen molar-refractivity contribution in [2.24, 2.45) is 40.9 Å². The van der Waals surface area contributed by atoms with E-state index in [0.717, 1.165) is 35.4 Å². The highest BCUT2D eigenvalue weighted by Crippen LogP contribution is 2.44. The van der Waals surface area contributed by atoms with Crippen LogP contribution in [0, 0.1) is 13.8 Å². The molecule has 0 fully saturated rings. The quantitative estimate of drug-likeness (QED) is 0.0285. The van der Waals surface area contributed by atoms with Crippen LogP contribution in [0.1, 0.15) is 36.5 Å². The fourth-order valence-electron chi connectivity index (χ4n) is 7.66. The first-order valence-electron chi connectivity index (χ1n) is 24.5. The van der Waals surface area contributed by atoms with Crippen molar-refractivity contribution in [3.05, 3.63) is 138 Å². The summed E-state index contributed by atoms with van der Waals surface area (Å²) in [5.74, 6) is 1.52. The zero-order valence-corrected chi connectivity index (χ0v) is 49.3. The molecule has 0 unspecified atom stereocenters. The number of unbranched alkanes of at least 4 members (excludes halogenated alkanes) is 1. The van der Waals surface area contributed by atoms with E-state index in [4.69, 9.17) is 56.8 Å². The summed E-state index contributed by atoms with van der Waals surface area (Å²) in [6.07, 6.45) is 1.59. The second-order valence-corrected chi connectivity index (χ2v) is 20.0. The summed E-state index contributed by atoms with van der Waals surface area (Å²) in [6, 6.07) is 33.6. The number of rotatable bonds is 19. The van der Waals surface area contributed by atoms with Crippen molar-refractivity contribution in [1.29, 1.82) is 0 Å². The summed E-state index contributed by atoms with van der Waals surface area (Å²) in [5.41, 5.74) is 5.56. The van der Waals surface area contributed by atoms with Crippen molar-refractivity contribution in [3.63, 3.8) is 0 Å². The zero-order chi connectivity index (χ0) is 63.3. The van der Waals surface area contributed by atoms with E-state index in [-0.39, 0.29) is 40.0 Å². The molecule has 8 rings (SSSR count). The van der Waals surface area contributed by atoms with Gasteiger partial charge in [0.1, 0.15) is 62.1 Å². The maximum absolute atomic E-state index is 12.4. The number of aromatic hydroxyl groups is 2. The molecule has 0 saturated heterocycles. The van der Waals surface area contributed by atoms with Crippen LogP contribution in [0.5, 0.6) is 34.5 Å². The molecule has 450 valence electrons. The van der Waals surface area contributed by atoms with Gasteiger partial charge in [0.05, 0.1) is 51.6 Å². The third-order valence-corrected chi connectivity index (χ3v) is 12.6. The van der Waals surface area contributed by atoms with Gasteiger partial charge in [-0.25, -0.2) is 0 Å². The second-order valence-electron chi connectivity index (χ2n) is 17.4. The van der Waals surface area contributed by atoms with Gasteiger partial charge in [0.2, 0.25) is 0 Å². The number of hydrogen-bond donors (Lipinski definition) is 5. The number of nitrogens with zero attached hydrogens (tertiary/aromatic N) is 8. The minimum Gasteiger partial charge on any atom is -0.507 e. The lowest BCUT2D eigenvalue weighted by Crippen LogP contribution is -1.98. The van der Waals surface area contributed by atoms with Gasteiger partial charge >= 0.3 is 31.8 Å². The molecule has 0 heterocycles. The molecule has 5 N–H and O–H groups in total. The van der Waals surface area contributed by atoms with Gasteiger partial charge in [-0.05, 0) is 127 Å². The third kappa shape index (κ3) is 19.3. The topological polar surface area (TPSA) is 417 Å². The van der Waals surface area contributed by atoms with Crippen LogP contribution in [0.4, 0.5) is 56.9 Å². The lowest BCUT2D eigenvalue weighted by atomic mass is 10.1. The lowest BCUT2D eigenvalue weighted by molar-refractivity contribution is 0.282. The molecule has 0 spiro atoms. The van der Waals surface area contributed by atoms with Gasteiger partial charge in [0, 0.05) is 45.9 Å². The Bertz CT molecular complexity index is 4320. The Balaban J connectivity index is 0.00000103. The Morgan fingerprint density at radius 3 is 1.53 bits per heavy atom. The number of anilines is 2. The maximum atomic E-state index is 12.4. The molecule has 86 heavy (non-hydrogen) atoms. The van der Waals surface area contributed by atoms with Crippen LogP contribution >= 0.6 is 0 Å². The molecule has 0 bridgehead atoms. The molecule has 32 heteroatoms. The number of nitrogens with one attached hydrogen (secondary N) is 1. The lowest BCUT2D eigenvalue weighted by Gasteiger charge is -2.11. The summed E-state index contributed by atoms with van der Waals surface area (Å²) in [7, 11) is -9.49. The zero-order valence-electron chi connectivity index (χ0n) is 46.0. The number of hydrogen-bond acceptors (Lipinski definition) is 27. The SMILES string of the molecule is CCCCOc1cc(N=Nc2cc(OC)c(N=Nc3cc(OC)c(N=Nc4ccc5cc(Nc6ccc(OC)cc6)ccc5c4O)cc3CO)cc2C)c(C)cc1N=Nc1cc2c(O)cccc2cc1S(=O)(=O)O.O=S(=O)=O.O=S(=O)=O.O=S(=O)=O. The summed E-state index contributed by atoms with van der Waals surface area (Å²) in [6.45, 7) is 5.56. The number of methoxy groups -OCH3 is 3.